The zero-order chi connectivity index (χ0) is 21.6. The van der Waals surface area contributed by atoms with Crippen LogP contribution in [0.15, 0.2) is 90.8 Å². The Morgan fingerprint density at radius 3 is 2.32 bits per heavy atom. The van der Waals surface area contributed by atoms with E-state index in [1.54, 1.807) is 48.7 Å². The van der Waals surface area contributed by atoms with Gasteiger partial charge in [-0.15, -0.1) is 0 Å². The quantitative estimate of drug-likeness (QED) is 0.204. The third-order valence-corrected chi connectivity index (χ3v) is 4.82. The molecule has 2 amide bonds. The van der Waals surface area contributed by atoms with Crippen molar-refractivity contribution in [3.8, 4) is 0 Å². The van der Waals surface area contributed by atoms with Gasteiger partial charge in [0.25, 0.3) is 11.8 Å². The number of benzene rings is 2. The van der Waals surface area contributed by atoms with Crippen molar-refractivity contribution >= 4 is 51.8 Å². The Balaban J connectivity index is 1.70. The highest BCUT2D eigenvalue weighted by Gasteiger charge is 2.20. The lowest BCUT2D eigenvalue weighted by atomic mass is 10.1. The average Bonchev–Trinajstić information content (AvgIpc) is 2.79. The van der Waals surface area contributed by atoms with E-state index in [4.69, 9.17) is 11.6 Å². The Labute approximate surface area is 183 Å². The average molecular weight is 429 g/mol. The second-order valence-electron chi connectivity index (χ2n) is 6.59. The first-order valence-corrected chi connectivity index (χ1v) is 9.83. The molecule has 0 aliphatic rings. The summed E-state index contributed by atoms with van der Waals surface area (Å²) >= 11 is 6.15. The summed E-state index contributed by atoms with van der Waals surface area (Å²) in [6.45, 7) is 0. The van der Waals surface area contributed by atoms with Crippen molar-refractivity contribution in [3.63, 3.8) is 0 Å². The Kier molecular flexibility index (Phi) is 6.01. The van der Waals surface area contributed by atoms with E-state index in [1.807, 2.05) is 30.3 Å². The van der Waals surface area contributed by atoms with Crippen LogP contribution in [0.2, 0.25) is 5.15 Å². The molecule has 0 aliphatic heterocycles. The summed E-state index contributed by atoms with van der Waals surface area (Å²) in [5, 5.41) is 6.52. The van der Waals surface area contributed by atoms with Crippen molar-refractivity contribution < 1.29 is 9.59 Å². The maximum atomic E-state index is 13.2. The molecule has 31 heavy (non-hydrogen) atoms. The smallest absolute Gasteiger partial charge is 0.261 e. The van der Waals surface area contributed by atoms with E-state index < -0.39 is 11.8 Å². The lowest BCUT2D eigenvalue weighted by Gasteiger charge is -2.12. The van der Waals surface area contributed by atoms with Gasteiger partial charge in [0.1, 0.15) is 10.7 Å². The van der Waals surface area contributed by atoms with Crippen molar-refractivity contribution in [1.29, 1.82) is 0 Å². The summed E-state index contributed by atoms with van der Waals surface area (Å²) in [5.74, 6) is -1.15. The molecule has 6 nitrogen and oxygen atoms in total. The van der Waals surface area contributed by atoms with Crippen LogP contribution in [0.1, 0.15) is 5.56 Å². The van der Waals surface area contributed by atoms with Crippen LogP contribution < -0.4 is 10.6 Å². The Morgan fingerprint density at radius 2 is 1.52 bits per heavy atom. The van der Waals surface area contributed by atoms with Gasteiger partial charge in [-0.2, -0.15) is 0 Å². The van der Waals surface area contributed by atoms with Crippen molar-refractivity contribution in [2.45, 2.75) is 0 Å². The van der Waals surface area contributed by atoms with Crippen molar-refractivity contribution in [3.05, 3.63) is 101 Å². The molecule has 0 bridgehead atoms. The van der Waals surface area contributed by atoms with Crippen LogP contribution in [0.25, 0.3) is 17.0 Å². The maximum Gasteiger partial charge on any atom is 0.261 e. The minimum atomic E-state index is -0.579. The third-order valence-electron chi connectivity index (χ3n) is 4.51. The number of hydrogen-bond acceptors (Lipinski definition) is 4. The van der Waals surface area contributed by atoms with E-state index in [0.717, 1.165) is 10.9 Å². The van der Waals surface area contributed by atoms with E-state index in [1.165, 1.54) is 12.3 Å². The third kappa shape index (κ3) is 4.76. The second kappa shape index (κ2) is 9.19. The van der Waals surface area contributed by atoms with Crippen LogP contribution in [0.4, 0.5) is 11.4 Å². The zero-order valence-electron chi connectivity index (χ0n) is 16.2. The summed E-state index contributed by atoms with van der Waals surface area (Å²) in [6.07, 6.45) is 4.56. The number of carbonyl (C=O) groups is 2. The maximum absolute atomic E-state index is 13.2. The van der Waals surface area contributed by atoms with E-state index in [2.05, 4.69) is 20.6 Å². The van der Waals surface area contributed by atoms with Crippen molar-refractivity contribution in [1.82, 2.24) is 9.97 Å². The standard InChI is InChI=1S/C24H17ClN4O2/c25-22-16(7-6-13-27-22)15-19(23(30)28-17-8-2-1-3-9-17)24(31)29-21-12-14-26-20-11-5-4-10-18(20)21/h1-15H,(H,28,30)(H,26,29,31)/b19-15+. The first-order valence-electron chi connectivity index (χ1n) is 9.45. The largest absolute Gasteiger partial charge is 0.322 e. The predicted molar refractivity (Wildman–Crippen MR) is 123 cm³/mol. The summed E-state index contributed by atoms with van der Waals surface area (Å²) in [5.41, 5.74) is 2.19. The SMILES string of the molecule is O=C(Nc1ccccc1)/C(=C\c1cccnc1Cl)C(=O)Nc1ccnc2ccccc12. The first kappa shape index (κ1) is 20.3. The second-order valence-corrected chi connectivity index (χ2v) is 6.95. The molecule has 0 atom stereocenters. The molecular formula is C24H17ClN4O2. The number of para-hydroxylation sites is 2. The van der Waals surface area contributed by atoms with Crippen LogP contribution in [-0.4, -0.2) is 21.8 Å². The van der Waals surface area contributed by atoms with Gasteiger partial charge in [-0.25, -0.2) is 4.98 Å². The van der Waals surface area contributed by atoms with Crippen molar-refractivity contribution in [2.75, 3.05) is 10.6 Å². The number of pyridine rings is 2. The highest BCUT2D eigenvalue weighted by molar-refractivity contribution is 6.33. The number of nitrogens with zero attached hydrogens (tertiary/aromatic N) is 2. The lowest BCUT2D eigenvalue weighted by Crippen LogP contribution is -2.25. The molecule has 4 aromatic rings. The summed E-state index contributed by atoms with van der Waals surface area (Å²) in [4.78, 5) is 34.5. The molecule has 0 saturated heterocycles. The summed E-state index contributed by atoms with van der Waals surface area (Å²) in [6, 6.07) is 21.4. The van der Waals surface area contributed by atoms with Gasteiger partial charge in [0.15, 0.2) is 0 Å². The molecule has 0 radical (unpaired) electrons. The number of halogens is 1. The molecule has 2 aromatic carbocycles. The topological polar surface area (TPSA) is 84.0 Å². The Bertz CT molecular complexity index is 1280. The van der Waals surface area contributed by atoms with Gasteiger partial charge in [0.05, 0.1) is 11.2 Å². The number of fused-ring (bicyclic) bond motifs is 1. The van der Waals surface area contributed by atoms with Gasteiger partial charge < -0.3 is 10.6 Å². The van der Waals surface area contributed by atoms with E-state index in [-0.39, 0.29) is 10.7 Å². The summed E-state index contributed by atoms with van der Waals surface area (Å²) < 4.78 is 0. The van der Waals surface area contributed by atoms with Crippen LogP contribution in [-0.2, 0) is 9.59 Å². The molecule has 0 unspecified atom stereocenters. The number of carbonyl (C=O) groups excluding carboxylic acids is 2. The van der Waals surface area contributed by atoms with Crippen LogP contribution in [0, 0.1) is 0 Å². The monoisotopic (exact) mass is 428 g/mol. The van der Waals surface area contributed by atoms with Crippen LogP contribution in [0.3, 0.4) is 0 Å². The summed E-state index contributed by atoms with van der Waals surface area (Å²) in [7, 11) is 0. The van der Waals surface area contributed by atoms with E-state index in [0.29, 0.717) is 16.9 Å². The Morgan fingerprint density at radius 1 is 0.774 bits per heavy atom. The predicted octanol–water partition coefficient (Wildman–Crippen LogP) is 4.94. The molecule has 2 heterocycles. The van der Waals surface area contributed by atoms with Gasteiger partial charge in [0.2, 0.25) is 0 Å². The minimum absolute atomic E-state index is 0.111. The fraction of sp³-hybridized carbons (Fsp3) is 0. The van der Waals surface area contributed by atoms with Gasteiger partial charge in [0, 0.05) is 29.0 Å². The molecule has 0 spiro atoms. The molecule has 7 heteroatoms. The van der Waals surface area contributed by atoms with Crippen LogP contribution in [0.5, 0.6) is 0 Å². The molecule has 2 N–H and O–H groups in total. The van der Waals surface area contributed by atoms with Gasteiger partial charge in [-0.05, 0) is 36.4 Å². The van der Waals surface area contributed by atoms with Crippen LogP contribution >= 0.6 is 11.6 Å². The molecule has 4 rings (SSSR count). The highest BCUT2D eigenvalue weighted by Crippen LogP contribution is 2.23. The number of aromatic nitrogens is 2. The van der Waals surface area contributed by atoms with Gasteiger partial charge in [-0.1, -0.05) is 54.1 Å². The molecule has 0 fully saturated rings. The number of amides is 2. The van der Waals surface area contributed by atoms with Gasteiger partial charge >= 0.3 is 0 Å². The lowest BCUT2D eigenvalue weighted by molar-refractivity contribution is -0.118. The van der Waals surface area contributed by atoms with E-state index in [9.17, 15) is 9.59 Å². The molecule has 152 valence electrons. The number of anilines is 2. The minimum Gasteiger partial charge on any atom is -0.322 e. The number of rotatable bonds is 5. The normalized spacial score (nSPS) is 11.2. The zero-order valence-corrected chi connectivity index (χ0v) is 17.0. The molecule has 0 saturated carbocycles. The fourth-order valence-corrected chi connectivity index (χ4v) is 3.18. The Hall–Kier alpha value is -4.03. The molecule has 0 aliphatic carbocycles. The highest BCUT2D eigenvalue weighted by atomic mass is 35.5. The van der Waals surface area contributed by atoms with Crippen molar-refractivity contribution in [2.24, 2.45) is 0 Å². The fourth-order valence-electron chi connectivity index (χ4n) is 3.01. The number of nitrogens with one attached hydrogen (secondary N) is 2. The van der Waals surface area contributed by atoms with Gasteiger partial charge in [-0.3, -0.25) is 14.6 Å². The van der Waals surface area contributed by atoms with E-state index >= 15 is 0 Å². The first-order chi connectivity index (χ1) is 15.1. The number of hydrogen-bond donors (Lipinski definition) is 2. The molecule has 2 aromatic heterocycles. The molecular weight excluding hydrogens is 412 g/mol.